The summed E-state index contributed by atoms with van der Waals surface area (Å²) in [7, 11) is 0. The van der Waals surface area contributed by atoms with Gasteiger partial charge in [0.25, 0.3) is 0 Å². The number of unbranched alkanes of at least 4 members (excludes halogenated alkanes) is 1. The second-order valence-corrected chi connectivity index (χ2v) is 3.13. The van der Waals surface area contributed by atoms with Crippen molar-refractivity contribution >= 4 is 15.9 Å². The molecule has 0 aliphatic heterocycles. The van der Waals surface area contributed by atoms with Crippen LogP contribution in [0.4, 0.5) is 0 Å². The van der Waals surface area contributed by atoms with Crippen molar-refractivity contribution in [2.45, 2.75) is 26.2 Å². The molecule has 0 aliphatic carbocycles. The zero-order valence-electron chi connectivity index (χ0n) is 6.07. The quantitative estimate of drug-likeness (QED) is 0.355. The number of hydrogen-bond acceptors (Lipinski definition) is 0. The third-order valence-corrected chi connectivity index (χ3v) is 2.47. The minimum absolute atomic E-state index is 0.824. The van der Waals surface area contributed by atoms with Crippen LogP contribution in [-0.4, -0.2) is 5.33 Å². The van der Waals surface area contributed by atoms with Gasteiger partial charge in [0.05, 0.1) is 0 Å². The normalized spacial score (nSPS) is 13.1. The summed E-state index contributed by atoms with van der Waals surface area (Å²) in [5.74, 6) is 0.824. The molecular formula is C8H15Br. The highest BCUT2D eigenvalue weighted by Gasteiger charge is 1.96. The first-order valence-corrected chi connectivity index (χ1v) is 4.60. The largest absolute Gasteiger partial charge is 0.103 e. The number of rotatable bonds is 5. The van der Waals surface area contributed by atoms with E-state index in [9.17, 15) is 0 Å². The van der Waals surface area contributed by atoms with Gasteiger partial charge in [-0.05, 0) is 25.2 Å². The van der Waals surface area contributed by atoms with Crippen LogP contribution in [0.3, 0.4) is 0 Å². The molecule has 0 bridgehead atoms. The molecule has 0 aromatic carbocycles. The van der Waals surface area contributed by atoms with Crippen LogP contribution in [0.5, 0.6) is 0 Å². The Bertz CT molecular complexity index is 69.0. The van der Waals surface area contributed by atoms with Crippen LogP contribution in [0.2, 0.25) is 0 Å². The molecule has 0 rings (SSSR count). The summed E-state index contributed by atoms with van der Waals surface area (Å²) < 4.78 is 0. The lowest BCUT2D eigenvalue weighted by Gasteiger charge is -2.03. The second kappa shape index (κ2) is 6.34. The van der Waals surface area contributed by atoms with E-state index in [-0.39, 0.29) is 0 Å². The number of allylic oxidation sites excluding steroid dienone is 1. The highest BCUT2D eigenvalue weighted by Crippen LogP contribution is 2.09. The summed E-state index contributed by atoms with van der Waals surface area (Å²) in [4.78, 5) is 0. The van der Waals surface area contributed by atoms with Crippen molar-refractivity contribution in [1.29, 1.82) is 0 Å². The SMILES string of the molecule is C=CCCC[C@H](C)CBr. The van der Waals surface area contributed by atoms with Crippen LogP contribution >= 0.6 is 15.9 Å². The Labute approximate surface area is 66.5 Å². The third kappa shape index (κ3) is 6.10. The Morgan fingerprint density at radius 2 is 2.33 bits per heavy atom. The molecule has 54 valence electrons. The monoisotopic (exact) mass is 190 g/mol. The van der Waals surface area contributed by atoms with Crippen LogP contribution in [0.25, 0.3) is 0 Å². The van der Waals surface area contributed by atoms with E-state index in [2.05, 4.69) is 29.4 Å². The van der Waals surface area contributed by atoms with Crippen molar-refractivity contribution in [2.75, 3.05) is 5.33 Å². The molecule has 1 atom stereocenters. The molecular weight excluding hydrogens is 176 g/mol. The molecule has 0 aromatic heterocycles. The van der Waals surface area contributed by atoms with Crippen molar-refractivity contribution in [1.82, 2.24) is 0 Å². The zero-order chi connectivity index (χ0) is 7.11. The van der Waals surface area contributed by atoms with Gasteiger partial charge in [-0.3, -0.25) is 0 Å². The van der Waals surface area contributed by atoms with Gasteiger partial charge in [-0.1, -0.05) is 28.9 Å². The van der Waals surface area contributed by atoms with Crippen LogP contribution in [0, 0.1) is 5.92 Å². The van der Waals surface area contributed by atoms with Crippen molar-refractivity contribution in [3.05, 3.63) is 12.7 Å². The summed E-state index contributed by atoms with van der Waals surface area (Å²) in [5, 5.41) is 1.13. The summed E-state index contributed by atoms with van der Waals surface area (Å²) >= 11 is 3.44. The predicted octanol–water partition coefficient (Wildman–Crippen LogP) is 3.37. The minimum atomic E-state index is 0.824. The molecule has 0 aromatic rings. The van der Waals surface area contributed by atoms with Gasteiger partial charge in [-0.15, -0.1) is 6.58 Å². The molecule has 0 spiro atoms. The molecule has 1 heteroatoms. The molecule has 9 heavy (non-hydrogen) atoms. The van der Waals surface area contributed by atoms with Gasteiger partial charge >= 0.3 is 0 Å². The molecule has 0 radical (unpaired) electrons. The Hall–Kier alpha value is 0.220. The smallest absolute Gasteiger partial charge is 0.00570 e. The van der Waals surface area contributed by atoms with E-state index < -0.39 is 0 Å². The number of halogens is 1. The minimum Gasteiger partial charge on any atom is -0.103 e. The van der Waals surface area contributed by atoms with Crippen molar-refractivity contribution in [3.63, 3.8) is 0 Å². The molecule has 0 saturated carbocycles. The van der Waals surface area contributed by atoms with Gasteiger partial charge in [0.15, 0.2) is 0 Å². The standard InChI is InChI=1S/C8H15Br/c1-3-4-5-6-8(2)7-9/h3,8H,1,4-7H2,2H3/t8-/m0/s1. The molecule has 0 aliphatic rings. The first kappa shape index (κ1) is 9.22. The van der Waals surface area contributed by atoms with E-state index in [1.54, 1.807) is 0 Å². The van der Waals surface area contributed by atoms with Crippen molar-refractivity contribution < 1.29 is 0 Å². The predicted molar refractivity (Wildman–Crippen MR) is 47.0 cm³/mol. The average molecular weight is 191 g/mol. The Balaban J connectivity index is 2.96. The van der Waals surface area contributed by atoms with Crippen LogP contribution in [-0.2, 0) is 0 Å². The van der Waals surface area contributed by atoms with Gasteiger partial charge < -0.3 is 0 Å². The summed E-state index contributed by atoms with van der Waals surface area (Å²) in [5.41, 5.74) is 0. The number of hydrogen-bond donors (Lipinski definition) is 0. The lowest BCUT2D eigenvalue weighted by Crippen LogP contribution is -1.93. The molecule has 0 amide bonds. The van der Waals surface area contributed by atoms with Crippen LogP contribution < -0.4 is 0 Å². The maximum atomic E-state index is 3.67. The van der Waals surface area contributed by atoms with E-state index in [0.29, 0.717) is 0 Å². The van der Waals surface area contributed by atoms with Crippen molar-refractivity contribution in [3.8, 4) is 0 Å². The van der Waals surface area contributed by atoms with E-state index in [4.69, 9.17) is 0 Å². The first-order chi connectivity index (χ1) is 4.31. The number of alkyl halides is 1. The molecule has 0 unspecified atom stereocenters. The maximum absolute atomic E-state index is 3.67. The lowest BCUT2D eigenvalue weighted by atomic mass is 10.1. The lowest BCUT2D eigenvalue weighted by molar-refractivity contribution is 0.571. The summed E-state index contributed by atoms with van der Waals surface area (Å²) in [6, 6.07) is 0. The molecule has 0 saturated heterocycles. The first-order valence-electron chi connectivity index (χ1n) is 3.48. The topological polar surface area (TPSA) is 0 Å². The van der Waals surface area contributed by atoms with Gasteiger partial charge in [-0.25, -0.2) is 0 Å². The van der Waals surface area contributed by atoms with Crippen LogP contribution in [0.15, 0.2) is 12.7 Å². The zero-order valence-corrected chi connectivity index (χ0v) is 7.65. The molecule has 0 heterocycles. The van der Waals surface area contributed by atoms with E-state index in [1.165, 1.54) is 12.8 Å². The summed E-state index contributed by atoms with van der Waals surface area (Å²) in [6.45, 7) is 5.93. The Kier molecular flexibility index (Phi) is 6.50. The van der Waals surface area contributed by atoms with Gasteiger partial charge in [0.1, 0.15) is 0 Å². The summed E-state index contributed by atoms with van der Waals surface area (Å²) in [6.07, 6.45) is 5.76. The third-order valence-electron chi connectivity index (χ3n) is 1.37. The highest BCUT2D eigenvalue weighted by atomic mass is 79.9. The van der Waals surface area contributed by atoms with Crippen molar-refractivity contribution in [2.24, 2.45) is 5.92 Å². The second-order valence-electron chi connectivity index (χ2n) is 2.48. The van der Waals surface area contributed by atoms with E-state index in [0.717, 1.165) is 17.7 Å². The Morgan fingerprint density at radius 3 is 2.78 bits per heavy atom. The molecule has 0 fully saturated rings. The van der Waals surface area contributed by atoms with E-state index >= 15 is 0 Å². The average Bonchev–Trinajstić information content (AvgIpc) is 1.89. The van der Waals surface area contributed by atoms with Crippen LogP contribution in [0.1, 0.15) is 26.2 Å². The fraction of sp³-hybridized carbons (Fsp3) is 0.750. The van der Waals surface area contributed by atoms with Gasteiger partial charge in [0.2, 0.25) is 0 Å². The van der Waals surface area contributed by atoms with E-state index in [1.807, 2.05) is 6.08 Å². The maximum Gasteiger partial charge on any atom is 0.00570 e. The Morgan fingerprint density at radius 1 is 1.67 bits per heavy atom. The fourth-order valence-electron chi connectivity index (χ4n) is 0.688. The fourth-order valence-corrected chi connectivity index (χ4v) is 1.01. The molecule has 0 nitrogen and oxygen atoms in total. The highest BCUT2D eigenvalue weighted by molar-refractivity contribution is 9.09. The van der Waals surface area contributed by atoms with Gasteiger partial charge in [-0.2, -0.15) is 0 Å². The molecule has 0 N–H and O–H groups in total. The van der Waals surface area contributed by atoms with Gasteiger partial charge in [0, 0.05) is 5.33 Å².